The maximum absolute atomic E-state index is 12.4. The van der Waals surface area contributed by atoms with Crippen molar-refractivity contribution in [1.29, 1.82) is 0 Å². The molecule has 1 atom stereocenters. The number of amides is 1. The quantitative estimate of drug-likeness (QED) is 0.866. The van der Waals surface area contributed by atoms with Gasteiger partial charge in [0.2, 0.25) is 5.91 Å². The van der Waals surface area contributed by atoms with Crippen molar-refractivity contribution in [2.24, 2.45) is 5.92 Å². The van der Waals surface area contributed by atoms with Crippen LogP contribution in [-0.4, -0.2) is 46.2 Å². The molecule has 2 heterocycles. The highest BCUT2D eigenvalue weighted by Gasteiger charge is 2.32. The molecule has 1 aliphatic carbocycles. The zero-order valence-electron chi connectivity index (χ0n) is 12.4. The van der Waals surface area contributed by atoms with Crippen molar-refractivity contribution in [3.63, 3.8) is 0 Å². The summed E-state index contributed by atoms with van der Waals surface area (Å²) in [6, 6.07) is 0.293. The number of carbonyl (C=O) groups is 1. The van der Waals surface area contributed by atoms with Crippen molar-refractivity contribution in [3.8, 4) is 0 Å². The Kier molecular flexibility index (Phi) is 4.63. The Hall–Kier alpha value is -1.30. The van der Waals surface area contributed by atoms with E-state index in [1.165, 1.54) is 12.8 Å². The van der Waals surface area contributed by atoms with E-state index < -0.39 is 0 Å². The summed E-state index contributed by atoms with van der Waals surface area (Å²) in [6.45, 7) is 1.66. The maximum atomic E-state index is 12.4. The van der Waals surface area contributed by atoms with Crippen molar-refractivity contribution in [3.05, 3.63) is 12.4 Å². The molecule has 0 aromatic carbocycles. The SMILES string of the molecule is CSc1cncc(NC2CCN(C(=O)C3CCCC3)C2)n1. The van der Waals surface area contributed by atoms with Crippen LogP contribution in [0.4, 0.5) is 5.82 Å². The first-order valence-corrected chi connectivity index (χ1v) is 8.90. The molecule has 1 aromatic rings. The third-order valence-electron chi connectivity index (χ3n) is 4.38. The zero-order chi connectivity index (χ0) is 14.7. The van der Waals surface area contributed by atoms with Crippen molar-refractivity contribution in [2.75, 3.05) is 24.7 Å². The molecule has 1 saturated heterocycles. The number of nitrogens with zero attached hydrogens (tertiary/aromatic N) is 3. The van der Waals surface area contributed by atoms with Gasteiger partial charge in [0.1, 0.15) is 10.8 Å². The van der Waals surface area contributed by atoms with Crippen molar-refractivity contribution < 1.29 is 4.79 Å². The lowest BCUT2D eigenvalue weighted by atomic mass is 10.1. The van der Waals surface area contributed by atoms with Crippen LogP contribution in [-0.2, 0) is 4.79 Å². The summed E-state index contributed by atoms with van der Waals surface area (Å²) in [6.07, 6.45) is 11.1. The molecule has 1 N–H and O–H groups in total. The first-order chi connectivity index (χ1) is 10.3. The average Bonchev–Trinajstić information content (AvgIpc) is 3.18. The molecule has 0 spiro atoms. The lowest BCUT2D eigenvalue weighted by Gasteiger charge is -2.20. The Morgan fingerprint density at radius 1 is 1.33 bits per heavy atom. The molecule has 5 nitrogen and oxygen atoms in total. The highest BCUT2D eigenvalue weighted by atomic mass is 32.2. The Labute approximate surface area is 129 Å². The minimum absolute atomic E-state index is 0.281. The van der Waals surface area contributed by atoms with Crippen molar-refractivity contribution in [1.82, 2.24) is 14.9 Å². The summed E-state index contributed by atoms with van der Waals surface area (Å²) < 4.78 is 0. The Balaban J connectivity index is 1.55. The molecule has 1 amide bonds. The summed E-state index contributed by atoms with van der Waals surface area (Å²) in [5, 5.41) is 4.32. The lowest BCUT2D eigenvalue weighted by molar-refractivity contribution is -0.134. The van der Waals surface area contributed by atoms with Gasteiger partial charge in [-0.3, -0.25) is 9.78 Å². The van der Waals surface area contributed by atoms with Crippen LogP contribution < -0.4 is 5.32 Å². The van der Waals surface area contributed by atoms with Crippen LogP contribution in [0.3, 0.4) is 0 Å². The van der Waals surface area contributed by atoms with Crippen LogP contribution in [0.25, 0.3) is 0 Å². The molecule has 6 heteroatoms. The van der Waals surface area contributed by atoms with Crippen LogP contribution in [0.15, 0.2) is 17.4 Å². The van der Waals surface area contributed by atoms with E-state index in [2.05, 4.69) is 15.3 Å². The second-order valence-electron chi connectivity index (χ2n) is 5.84. The van der Waals surface area contributed by atoms with Gasteiger partial charge in [0.25, 0.3) is 0 Å². The Bertz CT molecular complexity index is 504. The largest absolute Gasteiger partial charge is 0.364 e. The summed E-state index contributed by atoms with van der Waals surface area (Å²) in [5.41, 5.74) is 0. The normalized spacial score (nSPS) is 22.7. The molecule has 0 radical (unpaired) electrons. The molecule has 1 aliphatic heterocycles. The van der Waals surface area contributed by atoms with Gasteiger partial charge < -0.3 is 10.2 Å². The van der Waals surface area contributed by atoms with Crippen LogP contribution in [0.1, 0.15) is 32.1 Å². The molecule has 1 saturated carbocycles. The van der Waals surface area contributed by atoms with Crippen LogP contribution in [0.2, 0.25) is 0 Å². The second kappa shape index (κ2) is 6.64. The van der Waals surface area contributed by atoms with E-state index in [1.54, 1.807) is 24.2 Å². The standard InChI is InChI=1S/C15H22N4OS/c1-21-14-9-16-8-13(18-14)17-12-6-7-19(10-12)15(20)11-4-2-3-5-11/h8-9,11-12H,2-7,10H2,1H3,(H,17,18). The molecular formula is C15H22N4OS. The van der Waals surface area contributed by atoms with Gasteiger partial charge in [-0.15, -0.1) is 11.8 Å². The number of likely N-dealkylation sites (tertiary alicyclic amines) is 1. The Morgan fingerprint density at radius 3 is 2.90 bits per heavy atom. The van der Waals surface area contributed by atoms with E-state index in [0.29, 0.717) is 11.9 Å². The second-order valence-corrected chi connectivity index (χ2v) is 6.67. The molecule has 1 unspecified atom stereocenters. The van der Waals surface area contributed by atoms with Gasteiger partial charge in [0.05, 0.1) is 12.4 Å². The van der Waals surface area contributed by atoms with Gasteiger partial charge in [0.15, 0.2) is 0 Å². The predicted octanol–water partition coefficient (Wildman–Crippen LogP) is 2.40. The van der Waals surface area contributed by atoms with E-state index in [9.17, 15) is 4.79 Å². The van der Waals surface area contributed by atoms with Gasteiger partial charge >= 0.3 is 0 Å². The monoisotopic (exact) mass is 306 g/mol. The van der Waals surface area contributed by atoms with E-state index >= 15 is 0 Å². The Morgan fingerprint density at radius 2 is 2.14 bits per heavy atom. The van der Waals surface area contributed by atoms with Gasteiger partial charge in [0, 0.05) is 25.0 Å². The third kappa shape index (κ3) is 3.48. The zero-order valence-corrected chi connectivity index (χ0v) is 13.2. The topological polar surface area (TPSA) is 58.1 Å². The minimum atomic E-state index is 0.281. The number of nitrogens with one attached hydrogen (secondary N) is 1. The third-order valence-corrected chi connectivity index (χ3v) is 4.99. The van der Waals surface area contributed by atoms with Crippen LogP contribution >= 0.6 is 11.8 Å². The average molecular weight is 306 g/mol. The molecule has 2 aliphatic rings. The number of rotatable bonds is 4. The number of hydrogen-bond donors (Lipinski definition) is 1. The van der Waals surface area contributed by atoms with Gasteiger partial charge in [-0.2, -0.15) is 0 Å². The van der Waals surface area contributed by atoms with Gasteiger partial charge in [-0.25, -0.2) is 4.98 Å². The number of carbonyl (C=O) groups excluding carboxylic acids is 1. The van der Waals surface area contributed by atoms with E-state index in [-0.39, 0.29) is 5.92 Å². The van der Waals surface area contributed by atoms with E-state index in [1.807, 2.05) is 11.2 Å². The van der Waals surface area contributed by atoms with Gasteiger partial charge in [-0.1, -0.05) is 12.8 Å². The fraction of sp³-hybridized carbons (Fsp3) is 0.667. The first-order valence-electron chi connectivity index (χ1n) is 7.67. The molecule has 1 aromatic heterocycles. The summed E-state index contributed by atoms with van der Waals surface area (Å²) in [5.74, 6) is 1.45. The summed E-state index contributed by atoms with van der Waals surface area (Å²) >= 11 is 1.58. The van der Waals surface area contributed by atoms with E-state index in [0.717, 1.165) is 43.2 Å². The highest BCUT2D eigenvalue weighted by Crippen LogP contribution is 2.28. The molecule has 2 fully saturated rings. The van der Waals surface area contributed by atoms with Crippen molar-refractivity contribution >= 4 is 23.5 Å². The smallest absolute Gasteiger partial charge is 0.225 e. The fourth-order valence-electron chi connectivity index (χ4n) is 3.23. The molecule has 3 rings (SSSR count). The fourth-order valence-corrected chi connectivity index (χ4v) is 3.59. The number of hydrogen-bond acceptors (Lipinski definition) is 5. The number of thioether (sulfide) groups is 1. The van der Waals surface area contributed by atoms with Crippen molar-refractivity contribution in [2.45, 2.75) is 43.2 Å². The lowest BCUT2D eigenvalue weighted by Crippen LogP contribution is -2.35. The van der Waals surface area contributed by atoms with E-state index in [4.69, 9.17) is 0 Å². The molecule has 114 valence electrons. The maximum Gasteiger partial charge on any atom is 0.225 e. The molecule has 0 bridgehead atoms. The van der Waals surface area contributed by atoms with Gasteiger partial charge in [-0.05, 0) is 25.5 Å². The summed E-state index contributed by atoms with van der Waals surface area (Å²) in [4.78, 5) is 23.1. The number of aromatic nitrogens is 2. The molecular weight excluding hydrogens is 284 g/mol. The summed E-state index contributed by atoms with van der Waals surface area (Å²) in [7, 11) is 0. The van der Waals surface area contributed by atoms with Crippen LogP contribution in [0, 0.1) is 5.92 Å². The molecule has 21 heavy (non-hydrogen) atoms. The first kappa shape index (κ1) is 14.6. The number of anilines is 1. The minimum Gasteiger partial charge on any atom is -0.364 e. The highest BCUT2D eigenvalue weighted by molar-refractivity contribution is 7.98. The predicted molar refractivity (Wildman–Crippen MR) is 84.4 cm³/mol. The van der Waals surface area contributed by atoms with Crippen LogP contribution in [0.5, 0.6) is 0 Å².